The van der Waals surface area contributed by atoms with Crippen molar-refractivity contribution in [2.75, 3.05) is 11.5 Å². The van der Waals surface area contributed by atoms with Gasteiger partial charge in [-0.2, -0.15) is 13.2 Å². The highest BCUT2D eigenvalue weighted by molar-refractivity contribution is 7.91. The quantitative estimate of drug-likeness (QED) is 0.890. The van der Waals surface area contributed by atoms with Crippen molar-refractivity contribution in [1.82, 2.24) is 0 Å². The van der Waals surface area contributed by atoms with Gasteiger partial charge in [0.05, 0.1) is 23.1 Å². The number of alkyl halides is 3. The Balaban J connectivity index is 2.09. The molecule has 8 heteroatoms. The standard InChI is InChI=1S/C11H12F3NO3S/c12-11(13,14)7-1-3-8(4-2-7)18-10-6-19(16,17)5-9(10)15/h1-4,9-10H,5-6,15H2. The van der Waals surface area contributed by atoms with Crippen LogP contribution in [0.25, 0.3) is 0 Å². The Morgan fingerprint density at radius 3 is 2.16 bits per heavy atom. The van der Waals surface area contributed by atoms with Crippen LogP contribution in [0.3, 0.4) is 0 Å². The van der Waals surface area contributed by atoms with Gasteiger partial charge in [0.25, 0.3) is 0 Å². The minimum atomic E-state index is -4.41. The van der Waals surface area contributed by atoms with Gasteiger partial charge in [0.15, 0.2) is 9.84 Å². The van der Waals surface area contributed by atoms with E-state index >= 15 is 0 Å². The number of halogens is 3. The normalized spacial score (nSPS) is 26.3. The lowest BCUT2D eigenvalue weighted by Crippen LogP contribution is -2.37. The molecule has 0 aromatic heterocycles. The van der Waals surface area contributed by atoms with Gasteiger partial charge >= 0.3 is 6.18 Å². The van der Waals surface area contributed by atoms with E-state index in [9.17, 15) is 21.6 Å². The Hall–Kier alpha value is -1.28. The zero-order valence-corrected chi connectivity index (χ0v) is 10.5. The van der Waals surface area contributed by atoms with Crippen LogP contribution in [-0.2, 0) is 16.0 Å². The topological polar surface area (TPSA) is 69.4 Å². The number of benzene rings is 1. The zero-order valence-electron chi connectivity index (χ0n) is 9.72. The number of hydrogen-bond acceptors (Lipinski definition) is 4. The zero-order chi connectivity index (χ0) is 14.3. The summed E-state index contributed by atoms with van der Waals surface area (Å²) in [4.78, 5) is 0. The molecule has 0 bridgehead atoms. The van der Waals surface area contributed by atoms with Crippen LogP contribution < -0.4 is 10.5 Å². The van der Waals surface area contributed by atoms with Crippen molar-refractivity contribution in [3.8, 4) is 5.75 Å². The minimum absolute atomic E-state index is 0.168. The summed E-state index contributed by atoms with van der Waals surface area (Å²) in [6.07, 6.45) is -5.13. The highest BCUT2D eigenvalue weighted by Gasteiger charge is 2.37. The van der Waals surface area contributed by atoms with Crippen molar-refractivity contribution in [1.29, 1.82) is 0 Å². The first-order valence-electron chi connectivity index (χ1n) is 5.47. The third kappa shape index (κ3) is 3.38. The SMILES string of the molecule is NC1CS(=O)(=O)CC1Oc1ccc(C(F)(F)F)cc1. The Morgan fingerprint density at radius 1 is 1.16 bits per heavy atom. The third-order valence-electron chi connectivity index (χ3n) is 2.81. The van der Waals surface area contributed by atoms with Crippen LogP contribution in [0, 0.1) is 0 Å². The number of hydrogen-bond donors (Lipinski definition) is 1. The van der Waals surface area contributed by atoms with E-state index in [1.54, 1.807) is 0 Å². The third-order valence-corrected chi connectivity index (χ3v) is 4.54. The Morgan fingerprint density at radius 2 is 1.74 bits per heavy atom. The van der Waals surface area contributed by atoms with E-state index in [2.05, 4.69) is 0 Å². The largest absolute Gasteiger partial charge is 0.488 e. The number of nitrogens with two attached hydrogens (primary N) is 1. The van der Waals surface area contributed by atoms with E-state index < -0.39 is 33.7 Å². The average molecular weight is 295 g/mol. The summed E-state index contributed by atoms with van der Waals surface area (Å²) in [5.74, 6) is -0.210. The lowest BCUT2D eigenvalue weighted by atomic mass is 10.2. The van der Waals surface area contributed by atoms with E-state index in [1.165, 1.54) is 0 Å². The highest BCUT2D eigenvalue weighted by Crippen LogP contribution is 2.30. The van der Waals surface area contributed by atoms with Gasteiger partial charge in [-0.05, 0) is 24.3 Å². The van der Waals surface area contributed by atoms with Gasteiger partial charge in [-0.25, -0.2) is 8.42 Å². The molecular formula is C11H12F3NO3S. The van der Waals surface area contributed by atoms with Crippen molar-refractivity contribution in [2.45, 2.75) is 18.3 Å². The molecule has 19 heavy (non-hydrogen) atoms. The van der Waals surface area contributed by atoms with Crippen LogP contribution in [0.4, 0.5) is 13.2 Å². The van der Waals surface area contributed by atoms with Crippen LogP contribution in [0.5, 0.6) is 5.75 Å². The fourth-order valence-corrected chi connectivity index (χ4v) is 3.61. The molecule has 0 amide bonds. The van der Waals surface area contributed by atoms with E-state index in [-0.39, 0.29) is 17.3 Å². The van der Waals surface area contributed by atoms with Gasteiger partial charge in [-0.1, -0.05) is 0 Å². The summed E-state index contributed by atoms with van der Waals surface area (Å²) in [6, 6.07) is 3.41. The Bertz CT molecular complexity index is 554. The van der Waals surface area contributed by atoms with Gasteiger partial charge in [-0.3, -0.25) is 0 Å². The van der Waals surface area contributed by atoms with Crippen LogP contribution in [0.15, 0.2) is 24.3 Å². The molecule has 2 atom stereocenters. The van der Waals surface area contributed by atoms with Gasteiger partial charge in [0.1, 0.15) is 11.9 Å². The second kappa shape index (κ2) is 4.68. The first-order chi connectivity index (χ1) is 8.67. The summed E-state index contributed by atoms with van der Waals surface area (Å²) < 4.78 is 65.0. The maximum atomic E-state index is 12.3. The van der Waals surface area contributed by atoms with Crippen molar-refractivity contribution in [3.63, 3.8) is 0 Å². The van der Waals surface area contributed by atoms with Crippen LogP contribution in [0.2, 0.25) is 0 Å². The maximum Gasteiger partial charge on any atom is 0.416 e. The second-order valence-electron chi connectivity index (χ2n) is 4.42. The predicted octanol–water partition coefficient (Wildman–Crippen LogP) is 1.21. The van der Waals surface area contributed by atoms with Crippen LogP contribution in [-0.4, -0.2) is 32.1 Å². The van der Waals surface area contributed by atoms with Gasteiger partial charge in [0, 0.05) is 0 Å². The first kappa shape index (κ1) is 14.1. The van der Waals surface area contributed by atoms with E-state index in [1.807, 2.05) is 0 Å². The van der Waals surface area contributed by atoms with Crippen molar-refractivity contribution in [3.05, 3.63) is 29.8 Å². The lowest BCUT2D eigenvalue weighted by molar-refractivity contribution is -0.137. The Labute approximate surface area is 108 Å². The fraction of sp³-hybridized carbons (Fsp3) is 0.455. The molecule has 1 heterocycles. The number of sulfone groups is 1. The molecule has 1 saturated heterocycles. The molecule has 1 aromatic carbocycles. The number of rotatable bonds is 2. The molecule has 2 N–H and O–H groups in total. The van der Waals surface area contributed by atoms with Crippen molar-refractivity contribution in [2.24, 2.45) is 5.73 Å². The predicted molar refractivity (Wildman–Crippen MR) is 62.5 cm³/mol. The molecule has 1 aliphatic heterocycles. The molecule has 1 aromatic rings. The molecule has 1 fully saturated rings. The molecule has 1 aliphatic rings. The monoisotopic (exact) mass is 295 g/mol. The molecule has 106 valence electrons. The summed E-state index contributed by atoms with van der Waals surface area (Å²) in [5.41, 5.74) is 4.83. The average Bonchev–Trinajstić information content (AvgIpc) is 2.51. The molecule has 0 radical (unpaired) electrons. The molecule has 2 rings (SSSR count). The van der Waals surface area contributed by atoms with Crippen LogP contribution in [0.1, 0.15) is 5.56 Å². The van der Waals surface area contributed by atoms with Gasteiger partial charge in [-0.15, -0.1) is 0 Å². The van der Waals surface area contributed by atoms with Crippen molar-refractivity contribution < 1.29 is 26.3 Å². The van der Waals surface area contributed by atoms with E-state index in [4.69, 9.17) is 10.5 Å². The molecule has 0 spiro atoms. The molecule has 0 saturated carbocycles. The Kier molecular flexibility index (Phi) is 3.48. The van der Waals surface area contributed by atoms with E-state index in [0.29, 0.717) is 0 Å². The lowest BCUT2D eigenvalue weighted by Gasteiger charge is -2.16. The smallest absolute Gasteiger partial charge is 0.416 e. The molecular weight excluding hydrogens is 283 g/mol. The second-order valence-corrected chi connectivity index (χ2v) is 6.57. The molecule has 4 nitrogen and oxygen atoms in total. The van der Waals surface area contributed by atoms with Gasteiger partial charge in [0.2, 0.25) is 0 Å². The summed E-state index contributed by atoms with van der Waals surface area (Å²) >= 11 is 0. The summed E-state index contributed by atoms with van der Waals surface area (Å²) in [5, 5.41) is 0. The molecule has 2 unspecified atom stereocenters. The van der Waals surface area contributed by atoms with Crippen molar-refractivity contribution >= 4 is 9.84 Å². The fourth-order valence-electron chi connectivity index (χ4n) is 1.86. The highest BCUT2D eigenvalue weighted by atomic mass is 32.2. The summed E-state index contributed by atoms with van der Waals surface area (Å²) in [7, 11) is -3.23. The maximum absolute atomic E-state index is 12.3. The minimum Gasteiger partial charge on any atom is -0.488 e. The summed E-state index contributed by atoms with van der Waals surface area (Å²) in [6.45, 7) is 0. The number of ether oxygens (including phenoxy) is 1. The van der Waals surface area contributed by atoms with E-state index in [0.717, 1.165) is 24.3 Å². The molecule has 0 aliphatic carbocycles. The van der Waals surface area contributed by atoms with Gasteiger partial charge < -0.3 is 10.5 Å². The van der Waals surface area contributed by atoms with Crippen LogP contribution >= 0.6 is 0 Å². The first-order valence-corrected chi connectivity index (χ1v) is 7.29.